The topological polar surface area (TPSA) is 132 Å². The van der Waals surface area contributed by atoms with Gasteiger partial charge in [0.2, 0.25) is 0 Å². The van der Waals surface area contributed by atoms with Crippen LogP contribution in [-0.4, -0.2) is 36.6 Å². The van der Waals surface area contributed by atoms with Gasteiger partial charge in [-0.15, -0.1) is 0 Å². The van der Waals surface area contributed by atoms with Crippen LogP contribution in [-0.2, 0) is 15.1 Å². The lowest BCUT2D eigenvalue weighted by molar-refractivity contribution is -0.122. The zero-order valence-electron chi connectivity index (χ0n) is 11.6. The number of aliphatic hydroxyl groups is 1. The highest BCUT2D eigenvalue weighted by molar-refractivity contribution is 7.85. The van der Waals surface area contributed by atoms with E-state index in [0.717, 1.165) is 0 Å². The molecule has 4 N–H and O–H groups in total. The molecule has 0 radical (unpaired) electrons. The molecule has 0 fully saturated rings. The first-order valence-corrected chi connectivity index (χ1v) is 7.74. The summed E-state index contributed by atoms with van der Waals surface area (Å²) < 4.78 is 30.2. The third-order valence-corrected chi connectivity index (χ3v) is 3.69. The van der Waals surface area contributed by atoms with Crippen molar-refractivity contribution in [2.24, 2.45) is 5.73 Å². The maximum atomic E-state index is 11.9. The molecule has 2 rings (SSSR count). The zero-order valence-corrected chi connectivity index (χ0v) is 12.4. The predicted molar refractivity (Wildman–Crippen MR) is 79.1 cm³/mol. The minimum Gasteiger partial charge on any atom is -0.391 e. The van der Waals surface area contributed by atoms with Crippen molar-refractivity contribution in [3.8, 4) is 5.75 Å². The number of fused-ring (bicyclic) bond motifs is 1. The molecule has 1 heterocycles. The summed E-state index contributed by atoms with van der Waals surface area (Å²) in [6, 6.07) is 6.80. The average Bonchev–Trinajstić information content (AvgIpc) is 2.45. The number of nitrogens with two attached hydrogens (primary N) is 1. The summed E-state index contributed by atoms with van der Waals surface area (Å²) in [7, 11) is -4.43. The molecule has 1 amide bonds. The molecule has 0 spiro atoms. The van der Waals surface area contributed by atoms with Crippen LogP contribution in [0.4, 0.5) is 0 Å². The molecule has 1 aromatic carbocycles. The first kappa shape index (κ1) is 16.1. The van der Waals surface area contributed by atoms with Crippen molar-refractivity contribution in [2.45, 2.75) is 19.1 Å². The molecule has 2 aromatic rings. The standard InChI is InChI=1S/C13H15N3O5S/c1-8(17)11(14)13(18)16-22(19,20)21-10-6-2-4-9-5-3-7-15-12(9)10/h2-8,11,17H,14H2,1H3,(H,16,18)/t8-,11+/m1/s1. The number of pyridine rings is 1. The molecule has 1 aromatic heterocycles. The monoisotopic (exact) mass is 325 g/mol. The van der Waals surface area contributed by atoms with Crippen molar-refractivity contribution in [1.82, 2.24) is 9.71 Å². The van der Waals surface area contributed by atoms with E-state index < -0.39 is 28.4 Å². The molecular weight excluding hydrogens is 310 g/mol. The summed E-state index contributed by atoms with van der Waals surface area (Å²) in [4.78, 5) is 15.6. The van der Waals surface area contributed by atoms with Crippen molar-refractivity contribution >= 4 is 27.1 Å². The Bertz CT molecular complexity index is 786. The third kappa shape index (κ3) is 3.70. The molecule has 0 aliphatic carbocycles. The number of carbonyl (C=O) groups excluding carboxylic acids is 1. The number of hydrogen-bond acceptors (Lipinski definition) is 7. The van der Waals surface area contributed by atoms with E-state index in [1.54, 1.807) is 29.0 Å². The normalized spacial score (nSPS) is 14.3. The van der Waals surface area contributed by atoms with E-state index in [9.17, 15) is 18.3 Å². The molecule has 0 unspecified atom stereocenters. The zero-order chi connectivity index (χ0) is 16.3. The number of aliphatic hydroxyl groups excluding tert-OH is 1. The lowest BCUT2D eigenvalue weighted by atomic mass is 10.2. The van der Waals surface area contributed by atoms with Crippen molar-refractivity contribution in [3.05, 3.63) is 36.5 Å². The fourth-order valence-electron chi connectivity index (χ4n) is 1.69. The lowest BCUT2D eigenvalue weighted by Crippen LogP contribution is -2.49. The summed E-state index contributed by atoms with van der Waals surface area (Å²) in [5.74, 6) is -1.09. The molecular formula is C13H15N3O5S. The van der Waals surface area contributed by atoms with Gasteiger partial charge in [-0.25, -0.2) is 4.72 Å². The second-order valence-electron chi connectivity index (χ2n) is 4.60. The molecule has 2 atom stereocenters. The molecule has 118 valence electrons. The van der Waals surface area contributed by atoms with Crippen LogP contribution >= 0.6 is 0 Å². The Hall–Kier alpha value is -2.23. The Morgan fingerprint density at radius 3 is 2.73 bits per heavy atom. The number of nitrogens with one attached hydrogen (secondary N) is 1. The summed E-state index contributed by atoms with van der Waals surface area (Å²) in [6.07, 6.45) is 0.290. The van der Waals surface area contributed by atoms with Crippen molar-refractivity contribution in [3.63, 3.8) is 0 Å². The van der Waals surface area contributed by atoms with Gasteiger partial charge >= 0.3 is 10.3 Å². The predicted octanol–water partition coefficient (Wildman–Crippen LogP) is -0.317. The van der Waals surface area contributed by atoms with Crippen molar-refractivity contribution < 1.29 is 22.5 Å². The van der Waals surface area contributed by atoms with Gasteiger partial charge in [-0.1, -0.05) is 18.2 Å². The number of hydrogen-bond donors (Lipinski definition) is 3. The number of carbonyl (C=O) groups is 1. The number of para-hydroxylation sites is 1. The minimum atomic E-state index is -4.43. The molecule has 22 heavy (non-hydrogen) atoms. The van der Waals surface area contributed by atoms with Gasteiger partial charge in [0.25, 0.3) is 5.91 Å². The highest BCUT2D eigenvalue weighted by Gasteiger charge is 2.25. The second-order valence-corrected chi connectivity index (χ2v) is 5.88. The summed E-state index contributed by atoms with van der Waals surface area (Å²) in [5, 5.41) is 9.87. The summed E-state index contributed by atoms with van der Waals surface area (Å²) in [6.45, 7) is 1.27. The van der Waals surface area contributed by atoms with Gasteiger partial charge in [-0.05, 0) is 19.1 Å². The number of nitrogens with zero attached hydrogens (tertiary/aromatic N) is 1. The van der Waals surface area contributed by atoms with Gasteiger partial charge < -0.3 is 15.0 Å². The highest BCUT2D eigenvalue weighted by atomic mass is 32.2. The Balaban J connectivity index is 2.23. The van der Waals surface area contributed by atoms with E-state index in [-0.39, 0.29) is 5.75 Å². The summed E-state index contributed by atoms with van der Waals surface area (Å²) >= 11 is 0. The number of rotatable bonds is 5. The molecule has 8 nitrogen and oxygen atoms in total. The van der Waals surface area contributed by atoms with Crippen LogP contribution in [0.3, 0.4) is 0 Å². The minimum absolute atomic E-state index is 0.0241. The Labute approximate surface area is 127 Å². The fraction of sp³-hybridized carbons (Fsp3) is 0.231. The largest absolute Gasteiger partial charge is 0.409 e. The average molecular weight is 325 g/mol. The Kier molecular flexibility index (Phi) is 4.59. The smallest absolute Gasteiger partial charge is 0.391 e. The highest BCUT2D eigenvalue weighted by Crippen LogP contribution is 2.23. The van der Waals surface area contributed by atoms with Crippen molar-refractivity contribution in [1.29, 1.82) is 0 Å². The molecule has 0 saturated heterocycles. The maximum Gasteiger partial charge on any atom is 0.409 e. The first-order chi connectivity index (χ1) is 10.3. The van der Waals surface area contributed by atoms with Crippen LogP contribution < -0.4 is 14.6 Å². The molecule has 0 bridgehead atoms. The molecule has 0 saturated carbocycles. The maximum absolute atomic E-state index is 11.9. The van der Waals surface area contributed by atoms with Gasteiger partial charge in [0.15, 0.2) is 5.75 Å². The van der Waals surface area contributed by atoms with Crippen LogP contribution in [0.25, 0.3) is 10.9 Å². The van der Waals surface area contributed by atoms with Crippen LogP contribution in [0.15, 0.2) is 36.5 Å². The van der Waals surface area contributed by atoms with Crippen LogP contribution in [0.1, 0.15) is 6.92 Å². The van der Waals surface area contributed by atoms with E-state index in [0.29, 0.717) is 10.9 Å². The van der Waals surface area contributed by atoms with Gasteiger partial charge in [-0.2, -0.15) is 8.42 Å². The second kappa shape index (κ2) is 6.26. The van der Waals surface area contributed by atoms with Crippen LogP contribution in [0, 0.1) is 0 Å². The van der Waals surface area contributed by atoms with Gasteiger partial charge in [0, 0.05) is 11.6 Å². The molecule has 9 heteroatoms. The number of aromatic nitrogens is 1. The Morgan fingerprint density at radius 2 is 2.05 bits per heavy atom. The number of amides is 1. The third-order valence-electron chi connectivity index (χ3n) is 2.84. The number of benzene rings is 1. The van der Waals surface area contributed by atoms with Crippen LogP contribution in [0.5, 0.6) is 5.75 Å². The van der Waals surface area contributed by atoms with Crippen molar-refractivity contribution in [2.75, 3.05) is 0 Å². The Morgan fingerprint density at radius 1 is 1.36 bits per heavy atom. The van der Waals surface area contributed by atoms with Crippen LogP contribution in [0.2, 0.25) is 0 Å². The lowest BCUT2D eigenvalue weighted by Gasteiger charge is -2.15. The fourth-order valence-corrected chi connectivity index (χ4v) is 2.49. The summed E-state index contributed by atoms with van der Waals surface area (Å²) in [5.41, 5.74) is 5.69. The van der Waals surface area contributed by atoms with E-state index in [1.165, 1.54) is 19.2 Å². The van der Waals surface area contributed by atoms with E-state index in [1.807, 2.05) is 0 Å². The first-order valence-electron chi connectivity index (χ1n) is 6.33. The molecule has 0 aliphatic heterocycles. The van der Waals surface area contributed by atoms with E-state index in [2.05, 4.69) is 4.98 Å². The quantitative estimate of drug-likeness (QED) is 0.686. The molecule has 0 aliphatic rings. The van der Waals surface area contributed by atoms with Gasteiger partial charge in [0.1, 0.15) is 11.6 Å². The van der Waals surface area contributed by atoms with E-state index >= 15 is 0 Å². The van der Waals surface area contributed by atoms with Gasteiger partial charge in [-0.3, -0.25) is 9.78 Å². The van der Waals surface area contributed by atoms with E-state index in [4.69, 9.17) is 9.92 Å². The SMILES string of the molecule is C[C@@H](O)[C@H](N)C(=O)NS(=O)(=O)Oc1cccc2cccnc12. The van der Waals surface area contributed by atoms with Gasteiger partial charge in [0.05, 0.1) is 6.10 Å².